The van der Waals surface area contributed by atoms with Gasteiger partial charge < -0.3 is 10.1 Å². The summed E-state index contributed by atoms with van der Waals surface area (Å²) in [7, 11) is 0. The highest BCUT2D eigenvalue weighted by Crippen LogP contribution is 2.26. The third-order valence-electron chi connectivity index (χ3n) is 3.73. The van der Waals surface area contributed by atoms with Gasteiger partial charge in [-0.15, -0.1) is 0 Å². The van der Waals surface area contributed by atoms with Gasteiger partial charge in [-0.1, -0.05) is 35.4 Å². The number of rotatable bonds is 5. The van der Waals surface area contributed by atoms with E-state index >= 15 is 0 Å². The Kier molecular flexibility index (Phi) is 5.67. The zero-order chi connectivity index (χ0) is 17.0. The third-order valence-corrected chi connectivity index (χ3v) is 4.03. The van der Waals surface area contributed by atoms with Crippen LogP contribution in [-0.4, -0.2) is 12.5 Å². The van der Waals surface area contributed by atoms with Crippen molar-refractivity contribution in [1.29, 1.82) is 0 Å². The molecule has 0 fully saturated rings. The first-order valence-electron chi connectivity index (χ1n) is 7.72. The van der Waals surface area contributed by atoms with Crippen molar-refractivity contribution in [3.8, 4) is 5.75 Å². The van der Waals surface area contributed by atoms with Crippen LogP contribution in [0.15, 0.2) is 36.4 Å². The van der Waals surface area contributed by atoms with Crippen molar-refractivity contribution in [2.24, 2.45) is 0 Å². The normalized spacial score (nSPS) is 11.9. The fourth-order valence-corrected chi connectivity index (χ4v) is 2.82. The van der Waals surface area contributed by atoms with Crippen molar-refractivity contribution in [3.63, 3.8) is 0 Å². The van der Waals surface area contributed by atoms with E-state index in [9.17, 15) is 4.79 Å². The largest absolute Gasteiger partial charge is 0.492 e. The minimum atomic E-state index is -0.151. The molecule has 122 valence electrons. The lowest BCUT2D eigenvalue weighted by molar-refractivity contribution is 0.0940. The molecule has 0 heterocycles. The van der Waals surface area contributed by atoms with Gasteiger partial charge in [-0.3, -0.25) is 4.79 Å². The van der Waals surface area contributed by atoms with Crippen molar-refractivity contribution in [1.82, 2.24) is 5.32 Å². The Hall–Kier alpha value is -2.00. The van der Waals surface area contributed by atoms with Crippen LogP contribution in [0.25, 0.3) is 0 Å². The van der Waals surface area contributed by atoms with Gasteiger partial charge in [-0.05, 0) is 57.0 Å². The first-order valence-corrected chi connectivity index (χ1v) is 8.10. The maximum Gasteiger partial charge on any atom is 0.251 e. The van der Waals surface area contributed by atoms with Crippen molar-refractivity contribution in [3.05, 3.63) is 63.7 Å². The lowest BCUT2D eigenvalue weighted by Gasteiger charge is -2.17. The molecule has 4 heteroatoms. The molecule has 0 aromatic heterocycles. The topological polar surface area (TPSA) is 38.3 Å². The van der Waals surface area contributed by atoms with Crippen molar-refractivity contribution < 1.29 is 9.53 Å². The summed E-state index contributed by atoms with van der Waals surface area (Å²) in [5.41, 5.74) is 4.02. The van der Waals surface area contributed by atoms with E-state index in [1.54, 1.807) is 18.2 Å². The molecule has 2 aromatic carbocycles. The number of benzene rings is 2. The molecule has 2 rings (SSSR count). The smallest absolute Gasteiger partial charge is 0.251 e. The summed E-state index contributed by atoms with van der Waals surface area (Å²) >= 11 is 6.14. The highest BCUT2D eigenvalue weighted by Gasteiger charge is 2.14. The molecule has 1 N–H and O–H groups in total. The van der Waals surface area contributed by atoms with Gasteiger partial charge in [0.15, 0.2) is 0 Å². The van der Waals surface area contributed by atoms with Gasteiger partial charge in [0.1, 0.15) is 5.75 Å². The Morgan fingerprint density at radius 2 is 1.96 bits per heavy atom. The second kappa shape index (κ2) is 7.51. The van der Waals surface area contributed by atoms with E-state index in [1.807, 2.05) is 13.8 Å². The Morgan fingerprint density at radius 1 is 1.22 bits per heavy atom. The van der Waals surface area contributed by atoms with Crippen LogP contribution in [0.5, 0.6) is 5.75 Å². The van der Waals surface area contributed by atoms with Crippen molar-refractivity contribution in [2.45, 2.75) is 33.7 Å². The number of aryl methyl sites for hydroxylation is 2. The number of ether oxygens (including phenoxy) is 1. The van der Waals surface area contributed by atoms with Gasteiger partial charge in [-0.2, -0.15) is 0 Å². The highest BCUT2D eigenvalue weighted by molar-refractivity contribution is 6.32. The summed E-state index contributed by atoms with van der Waals surface area (Å²) in [5, 5.41) is 3.46. The molecule has 23 heavy (non-hydrogen) atoms. The number of amides is 1. The molecule has 1 atom stereocenters. The second-order valence-electron chi connectivity index (χ2n) is 5.63. The molecule has 0 saturated carbocycles. The second-order valence-corrected chi connectivity index (χ2v) is 6.04. The van der Waals surface area contributed by atoms with Crippen LogP contribution in [-0.2, 0) is 0 Å². The van der Waals surface area contributed by atoms with Crippen LogP contribution in [0.1, 0.15) is 46.9 Å². The molecular formula is C19H22ClNO2. The van der Waals surface area contributed by atoms with Gasteiger partial charge in [-0.25, -0.2) is 0 Å². The van der Waals surface area contributed by atoms with E-state index in [2.05, 4.69) is 37.4 Å². The zero-order valence-electron chi connectivity index (χ0n) is 13.9. The third kappa shape index (κ3) is 4.26. The standard InChI is InChI=1S/C19H22ClNO2/c1-5-23-18-9-7-15(11-17(18)20)19(22)21-14(4)16-8-6-12(2)10-13(16)3/h6-11,14H,5H2,1-4H3,(H,21,22)/t14-/m1/s1. The van der Waals surface area contributed by atoms with Crippen LogP contribution in [0.4, 0.5) is 0 Å². The minimum absolute atomic E-state index is 0.0755. The van der Waals surface area contributed by atoms with Crippen LogP contribution in [0.2, 0.25) is 5.02 Å². The molecule has 0 aliphatic carbocycles. The lowest BCUT2D eigenvalue weighted by Crippen LogP contribution is -2.27. The summed E-state index contributed by atoms with van der Waals surface area (Å²) in [6.07, 6.45) is 0. The predicted octanol–water partition coefficient (Wildman–Crippen LogP) is 4.85. The maximum atomic E-state index is 12.4. The first-order chi connectivity index (χ1) is 10.9. The van der Waals surface area contributed by atoms with Crippen molar-refractivity contribution >= 4 is 17.5 Å². The molecule has 0 radical (unpaired) electrons. The number of hydrogen-bond donors (Lipinski definition) is 1. The summed E-state index contributed by atoms with van der Waals surface area (Å²) in [6, 6.07) is 11.2. The van der Waals surface area contributed by atoms with E-state index in [0.717, 1.165) is 5.56 Å². The van der Waals surface area contributed by atoms with Crippen LogP contribution in [0, 0.1) is 13.8 Å². The van der Waals surface area contributed by atoms with Crippen LogP contribution < -0.4 is 10.1 Å². The molecule has 2 aromatic rings. The Morgan fingerprint density at radius 3 is 2.57 bits per heavy atom. The molecule has 0 aliphatic rings. The summed E-state index contributed by atoms with van der Waals surface area (Å²) in [6.45, 7) is 8.52. The number of carbonyl (C=O) groups is 1. The zero-order valence-corrected chi connectivity index (χ0v) is 14.7. The first kappa shape index (κ1) is 17.4. The Balaban J connectivity index is 2.13. The minimum Gasteiger partial charge on any atom is -0.492 e. The number of hydrogen-bond acceptors (Lipinski definition) is 2. The van der Waals surface area contributed by atoms with E-state index in [1.165, 1.54) is 11.1 Å². The summed E-state index contributed by atoms with van der Waals surface area (Å²) < 4.78 is 5.39. The van der Waals surface area contributed by atoms with Gasteiger partial charge in [0.25, 0.3) is 5.91 Å². The Bertz CT molecular complexity index is 713. The average Bonchev–Trinajstić information content (AvgIpc) is 2.49. The van der Waals surface area contributed by atoms with E-state index in [4.69, 9.17) is 16.3 Å². The summed E-state index contributed by atoms with van der Waals surface area (Å²) in [5.74, 6) is 0.440. The van der Waals surface area contributed by atoms with Gasteiger partial charge >= 0.3 is 0 Å². The maximum absolute atomic E-state index is 12.4. The highest BCUT2D eigenvalue weighted by atomic mass is 35.5. The molecular weight excluding hydrogens is 310 g/mol. The number of nitrogens with one attached hydrogen (secondary N) is 1. The lowest BCUT2D eigenvalue weighted by atomic mass is 10.00. The van der Waals surface area contributed by atoms with E-state index in [-0.39, 0.29) is 11.9 Å². The van der Waals surface area contributed by atoms with Gasteiger partial charge in [0.05, 0.1) is 17.7 Å². The molecule has 3 nitrogen and oxygen atoms in total. The van der Waals surface area contributed by atoms with Crippen molar-refractivity contribution in [2.75, 3.05) is 6.61 Å². The number of carbonyl (C=O) groups excluding carboxylic acids is 1. The monoisotopic (exact) mass is 331 g/mol. The Labute approximate surface area is 142 Å². The molecule has 0 spiro atoms. The number of halogens is 1. The molecule has 0 saturated heterocycles. The van der Waals surface area contributed by atoms with Gasteiger partial charge in [0.2, 0.25) is 0 Å². The fraction of sp³-hybridized carbons (Fsp3) is 0.316. The van der Waals surface area contributed by atoms with Gasteiger partial charge in [0, 0.05) is 5.56 Å². The molecule has 1 amide bonds. The van der Waals surface area contributed by atoms with Crippen LogP contribution >= 0.6 is 11.6 Å². The fourth-order valence-electron chi connectivity index (χ4n) is 2.58. The molecule has 0 unspecified atom stereocenters. The predicted molar refractivity (Wildman–Crippen MR) is 94.4 cm³/mol. The summed E-state index contributed by atoms with van der Waals surface area (Å²) in [4.78, 5) is 12.4. The van der Waals surface area contributed by atoms with E-state index in [0.29, 0.717) is 22.9 Å². The molecule has 0 bridgehead atoms. The quantitative estimate of drug-likeness (QED) is 0.850. The average molecular weight is 332 g/mol. The SMILES string of the molecule is CCOc1ccc(C(=O)N[C@H](C)c2ccc(C)cc2C)cc1Cl. The van der Waals surface area contributed by atoms with E-state index < -0.39 is 0 Å². The van der Waals surface area contributed by atoms with Crippen LogP contribution in [0.3, 0.4) is 0 Å². The molecule has 0 aliphatic heterocycles.